The van der Waals surface area contributed by atoms with Crippen molar-refractivity contribution in [3.8, 4) is 0 Å². The standard InChI is InChI=1S/C25H20F2N2O2/c1-15-7-12-20(16(2)13-15)22-23(28-19-10-8-18(26)9-11-19)25(31)29(24(22)30)14-17-5-3-4-6-21(17)27/h3-13,28H,14H2,1-2H3. The molecule has 0 atom stereocenters. The molecule has 1 aliphatic heterocycles. The molecular weight excluding hydrogens is 398 g/mol. The molecule has 2 amide bonds. The van der Waals surface area contributed by atoms with Gasteiger partial charge in [-0.1, -0.05) is 42.0 Å². The molecule has 0 aliphatic carbocycles. The molecule has 0 saturated heterocycles. The molecule has 4 rings (SSSR count). The Morgan fingerprint density at radius 1 is 0.871 bits per heavy atom. The maximum atomic E-state index is 14.2. The predicted molar refractivity (Wildman–Crippen MR) is 115 cm³/mol. The van der Waals surface area contributed by atoms with E-state index in [1.807, 2.05) is 26.0 Å². The highest BCUT2D eigenvalue weighted by Crippen LogP contribution is 2.33. The van der Waals surface area contributed by atoms with Crippen molar-refractivity contribution in [2.75, 3.05) is 5.32 Å². The molecule has 0 saturated carbocycles. The van der Waals surface area contributed by atoms with Crippen molar-refractivity contribution in [1.29, 1.82) is 0 Å². The van der Waals surface area contributed by atoms with Gasteiger partial charge in [-0.2, -0.15) is 0 Å². The minimum absolute atomic E-state index is 0.0832. The van der Waals surface area contributed by atoms with E-state index in [-0.39, 0.29) is 23.4 Å². The summed E-state index contributed by atoms with van der Waals surface area (Å²) in [6.07, 6.45) is 0. The number of carbonyl (C=O) groups excluding carboxylic acids is 2. The molecule has 1 aliphatic rings. The Labute approximate surface area is 178 Å². The van der Waals surface area contributed by atoms with Gasteiger partial charge in [0.05, 0.1) is 12.1 Å². The maximum absolute atomic E-state index is 14.2. The largest absolute Gasteiger partial charge is 0.350 e. The number of hydrogen-bond acceptors (Lipinski definition) is 3. The highest BCUT2D eigenvalue weighted by molar-refractivity contribution is 6.36. The molecule has 31 heavy (non-hydrogen) atoms. The predicted octanol–water partition coefficient (Wildman–Crippen LogP) is 4.97. The van der Waals surface area contributed by atoms with E-state index in [0.29, 0.717) is 11.3 Å². The first kappa shape index (κ1) is 20.5. The summed E-state index contributed by atoms with van der Waals surface area (Å²) in [7, 11) is 0. The van der Waals surface area contributed by atoms with Crippen LogP contribution in [0.15, 0.2) is 72.4 Å². The van der Waals surface area contributed by atoms with E-state index >= 15 is 0 Å². The lowest BCUT2D eigenvalue weighted by Gasteiger charge is -2.16. The van der Waals surface area contributed by atoms with Gasteiger partial charge in [-0.3, -0.25) is 14.5 Å². The van der Waals surface area contributed by atoms with Crippen LogP contribution in [-0.4, -0.2) is 16.7 Å². The van der Waals surface area contributed by atoms with E-state index in [4.69, 9.17) is 0 Å². The molecule has 3 aromatic carbocycles. The van der Waals surface area contributed by atoms with Gasteiger partial charge in [0.15, 0.2) is 0 Å². The number of anilines is 1. The molecule has 0 bridgehead atoms. The van der Waals surface area contributed by atoms with Crippen molar-refractivity contribution in [2.24, 2.45) is 0 Å². The van der Waals surface area contributed by atoms with Crippen molar-refractivity contribution >= 4 is 23.1 Å². The van der Waals surface area contributed by atoms with Gasteiger partial charge in [0.25, 0.3) is 11.8 Å². The van der Waals surface area contributed by atoms with E-state index in [9.17, 15) is 18.4 Å². The van der Waals surface area contributed by atoms with Gasteiger partial charge >= 0.3 is 0 Å². The van der Waals surface area contributed by atoms with E-state index in [1.54, 1.807) is 18.2 Å². The Hall–Kier alpha value is -3.80. The highest BCUT2D eigenvalue weighted by Gasteiger charge is 2.40. The number of nitrogens with zero attached hydrogens (tertiary/aromatic N) is 1. The molecule has 0 unspecified atom stereocenters. The second-order valence-electron chi connectivity index (χ2n) is 7.49. The third-order valence-electron chi connectivity index (χ3n) is 5.22. The molecule has 1 N–H and O–H groups in total. The topological polar surface area (TPSA) is 49.4 Å². The summed E-state index contributed by atoms with van der Waals surface area (Å²) in [5.74, 6) is -1.97. The van der Waals surface area contributed by atoms with Gasteiger partial charge < -0.3 is 5.32 Å². The lowest BCUT2D eigenvalue weighted by Crippen LogP contribution is -2.32. The maximum Gasteiger partial charge on any atom is 0.278 e. The highest BCUT2D eigenvalue weighted by atomic mass is 19.1. The number of amides is 2. The number of aryl methyl sites for hydroxylation is 2. The minimum Gasteiger partial charge on any atom is -0.350 e. The van der Waals surface area contributed by atoms with Gasteiger partial charge in [0.1, 0.15) is 17.3 Å². The lowest BCUT2D eigenvalue weighted by molar-refractivity contribution is -0.137. The van der Waals surface area contributed by atoms with Crippen LogP contribution in [0.2, 0.25) is 0 Å². The zero-order valence-electron chi connectivity index (χ0n) is 17.1. The smallest absolute Gasteiger partial charge is 0.278 e. The molecular formula is C25H20F2N2O2. The summed E-state index contributed by atoms with van der Waals surface area (Å²) in [6.45, 7) is 3.62. The van der Waals surface area contributed by atoms with Gasteiger partial charge in [-0.05, 0) is 55.3 Å². The summed E-state index contributed by atoms with van der Waals surface area (Å²) in [6, 6.07) is 17.1. The second-order valence-corrected chi connectivity index (χ2v) is 7.49. The molecule has 6 heteroatoms. The van der Waals surface area contributed by atoms with Crippen molar-refractivity contribution in [1.82, 2.24) is 4.90 Å². The summed E-state index contributed by atoms with van der Waals surface area (Å²) in [5.41, 5.74) is 3.48. The minimum atomic E-state index is -0.562. The van der Waals surface area contributed by atoms with E-state index in [2.05, 4.69) is 5.32 Å². The van der Waals surface area contributed by atoms with Gasteiger partial charge in [-0.25, -0.2) is 8.78 Å². The number of imide groups is 1. The zero-order chi connectivity index (χ0) is 22.1. The number of nitrogens with one attached hydrogen (secondary N) is 1. The van der Waals surface area contributed by atoms with Crippen LogP contribution in [0, 0.1) is 25.5 Å². The molecule has 4 nitrogen and oxygen atoms in total. The van der Waals surface area contributed by atoms with Crippen molar-refractivity contribution in [3.63, 3.8) is 0 Å². The average Bonchev–Trinajstić information content (AvgIpc) is 2.96. The second kappa shape index (κ2) is 8.14. The van der Waals surface area contributed by atoms with Crippen LogP contribution in [-0.2, 0) is 16.1 Å². The van der Waals surface area contributed by atoms with Crippen molar-refractivity contribution in [2.45, 2.75) is 20.4 Å². The number of hydrogen-bond donors (Lipinski definition) is 1. The zero-order valence-corrected chi connectivity index (χ0v) is 17.1. The van der Waals surface area contributed by atoms with Gasteiger partial charge in [0, 0.05) is 11.3 Å². The third-order valence-corrected chi connectivity index (χ3v) is 5.22. The number of benzene rings is 3. The molecule has 1 heterocycles. The van der Waals surface area contributed by atoms with Crippen molar-refractivity contribution in [3.05, 3.63) is 106 Å². The molecule has 3 aromatic rings. The van der Waals surface area contributed by atoms with Crippen LogP contribution in [0.1, 0.15) is 22.3 Å². The fourth-order valence-electron chi connectivity index (χ4n) is 3.65. The SMILES string of the molecule is Cc1ccc(C2=C(Nc3ccc(F)cc3)C(=O)N(Cc3ccccc3F)C2=O)c(C)c1. The third kappa shape index (κ3) is 3.97. The van der Waals surface area contributed by atoms with Crippen LogP contribution in [0.5, 0.6) is 0 Å². The van der Waals surface area contributed by atoms with Gasteiger partial charge in [0.2, 0.25) is 0 Å². The van der Waals surface area contributed by atoms with Gasteiger partial charge in [-0.15, -0.1) is 0 Å². The molecule has 156 valence electrons. The Bertz CT molecular complexity index is 1220. The monoisotopic (exact) mass is 418 g/mol. The number of rotatable bonds is 5. The number of halogens is 2. The molecule has 0 aromatic heterocycles. The van der Waals surface area contributed by atoms with Crippen LogP contribution >= 0.6 is 0 Å². The Kier molecular flexibility index (Phi) is 5.38. The first-order chi connectivity index (χ1) is 14.8. The fraction of sp³-hybridized carbons (Fsp3) is 0.120. The summed E-state index contributed by atoms with van der Waals surface area (Å²) in [5, 5.41) is 2.98. The summed E-state index contributed by atoms with van der Waals surface area (Å²) >= 11 is 0. The van der Waals surface area contributed by atoms with Crippen molar-refractivity contribution < 1.29 is 18.4 Å². The summed E-state index contributed by atoms with van der Waals surface area (Å²) in [4.78, 5) is 27.6. The first-order valence-corrected chi connectivity index (χ1v) is 9.79. The molecule has 0 radical (unpaired) electrons. The average molecular weight is 418 g/mol. The Morgan fingerprint density at radius 3 is 2.26 bits per heavy atom. The Balaban J connectivity index is 1.78. The fourth-order valence-corrected chi connectivity index (χ4v) is 3.65. The normalized spacial score (nSPS) is 13.9. The Morgan fingerprint density at radius 2 is 1.58 bits per heavy atom. The van der Waals surface area contributed by atoms with Crippen LogP contribution in [0.25, 0.3) is 5.57 Å². The van der Waals surface area contributed by atoms with Crippen LogP contribution < -0.4 is 5.32 Å². The lowest BCUT2D eigenvalue weighted by atomic mass is 9.97. The molecule has 0 fully saturated rings. The quantitative estimate of drug-likeness (QED) is 0.595. The van der Waals surface area contributed by atoms with E-state index in [0.717, 1.165) is 16.0 Å². The van der Waals surface area contributed by atoms with E-state index < -0.39 is 23.4 Å². The molecule has 0 spiro atoms. The summed E-state index contributed by atoms with van der Waals surface area (Å²) < 4.78 is 27.5. The first-order valence-electron chi connectivity index (χ1n) is 9.79. The van der Waals surface area contributed by atoms with Crippen LogP contribution in [0.4, 0.5) is 14.5 Å². The number of carbonyl (C=O) groups is 2. The van der Waals surface area contributed by atoms with E-state index in [1.165, 1.54) is 36.4 Å². The van der Waals surface area contributed by atoms with Crippen LogP contribution in [0.3, 0.4) is 0 Å².